The highest BCUT2D eigenvalue weighted by Crippen LogP contribution is 2.37. The van der Waals surface area contributed by atoms with E-state index in [0.717, 1.165) is 22.2 Å². The summed E-state index contributed by atoms with van der Waals surface area (Å²) in [7, 11) is 0. The number of aliphatic hydroxyl groups is 1. The number of fused-ring (bicyclic) bond motifs is 1. The number of nitroso groups, excluding NO2 is 1. The lowest BCUT2D eigenvalue weighted by atomic mass is 10.1. The van der Waals surface area contributed by atoms with Gasteiger partial charge in [0.2, 0.25) is 0 Å². The smallest absolute Gasteiger partial charge is 0.262 e. The van der Waals surface area contributed by atoms with Crippen molar-refractivity contribution < 1.29 is 14.6 Å². The van der Waals surface area contributed by atoms with E-state index in [0.29, 0.717) is 22.2 Å². The number of carbonyl (C=O) groups is 1. The zero-order chi connectivity index (χ0) is 23.5. The quantitative estimate of drug-likeness (QED) is 0.335. The first-order chi connectivity index (χ1) is 15.9. The minimum atomic E-state index is -0.715. The van der Waals surface area contributed by atoms with Gasteiger partial charge in [-0.1, -0.05) is 41.0 Å². The Morgan fingerprint density at radius 1 is 1.30 bits per heavy atom. The number of thiophene rings is 1. The van der Waals surface area contributed by atoms with Gasteiger partial charge in [0.15, 0.2) is 0 Å². The van der Waals surface area contributed by atoms with Crippen LogP contribution in [0.2, 0.25) is 5.02 Å². The molecule has 10 heteroatoms. The molecule has 8 nitrogen and oxygen atoms in total. The lowest BCUT2D eigenvalue weighted by Crippen LogP contribution is -2.12. The van der Waals surface area contributed by atoms with Crippen LogP contribution in [0.4, 0.5) is 0 Å². The van der Waals surface area contributed by atoms with E-state index < -0.39 is 18.1 Å². The molecule has 1 amide bonds. The predicted molar refractivity (Wildman–Crippen MR) is 128 cm³/mol. The number of nitrogens with zero attached hydrogens (tertiary/aromatic N) is 3. The summed E-state index contributed by atoms with van der Waals surface area (Å²) < 4.78 is 7.91. The molecule has 0 fully saturated rings. The van der Waals surface area contributed by atoms with E-state index in [1.54, 1.807) is 18.5 Å². The maximum absolute atomic E-state index is 12.1. The van der Waals surface area contributed by atoms with E-state index in [1.165, 1.54) is 11.3 Å². The number of benzene rings is 2. The Morgan fingerprint density at radius 2 is 2.09 bits per heavy atom. The van der Waals surface area contributed by atoms with Gasteiger partial charge in [-0.25, -0.2) is 4.98 Å². The molecular formula is C23H21ClN4O4S. The van der Waals surface area contributed by atoms with Crippen LogP contribution in [0.3, 0.4) is 0 Å². The topological polar surface area (TPSA) is 120 Å². The van der Waals surface area contributed by atoms with Crippen LogP contribution in [-0.4, -0.2) is 33.2 Å². The predicted octanol–water partition coefficient (Wildman–Crippen LogP) is 4.65. The lowest BCUT2D eigenvalue weighted by molar-refractivity contribution is 0.0998. The van der Waals surface area contributed by atoms with Gasteiger partial charge >= 0.3 is 0 Å². The second-order valence-electron chi connectivity index (χ2n) is 7.51. The molecule has 0 aliphatic carbocycles. The molecule has 0 aliphatic heterocycles. The van der Waals surface area contributed by atoms with Crippen molar-refractivity contribution in [3.05, 3.63) is 80.8 Å². The number of primary amides is 1. The number of hydrogen-bond acceptors (Lipinski definition) is 7. The number of halogens is 1. The molecule has 170 valence electrons. The number of imidazole rings is 1. The largest absolute Gasteiger partial charge is 0.484 e. The van der Waals surface area contributed by atoms with Crippen LogP contribution in [0.15, 0.2) is 60.0 Å². The summed E-state index contributed by atoms with van der Waals surface area (Å²) in [5, 5.41) is 13.5. The molecule has 2 aromatic carbocycles. The van der Waals surface area contributed by atoms with E-state index in [4.69, 9.17) is 22.1 Å². The molecule has 33 heavy (non-hydrogen) atoms. The second-order valence-corrected chi connectivity index (χ2v) is 8.95. The SMILES string of the molecule is CC(Oc1cc(-n2cnc3ccc(CC(CO)N=O)cc32)sc1C(N)=O)c1ccccc1Cl. The van der Waals surface area contributed by atoms with E-state index in [1.807, 2.05) is 47.9 Å². The Labute approximate surface area is 198 Å². The minimum absolute atomic E-state index is 0.285. The van der Waals surface area contributed by atoms with E-state index >= 15 is 0 Å². The molecule has 4 aromatic rings. The number of rotatable bonds is 9. The number of amides is 1. The standard InChI is InChI=1S/C23H21ClN4O4S/c1-13(16-4-2-3-5-17(16)24)32-20-10-21(33-22(20)23(25)30)28-12-26-18-7-6-14(9-19(18)28)8-15(11-29)27-31/h2-7,9-10,12-13,15,29H,8,11H2,1H3,(H2,25,30). The van der Waals surface area contributed by atoms with Crippen molar-refractivity contribution in [1.82, 2.24) is 9.55 Å². The monoisotopic (exact) mass is 484 g/mol. The van der Waals surface area contributed by atoms with Crippen molar-refractivity contribution in [3.8, 4) is 10.8 Å². The highest BCUT2D eigenvalue weighted by molar-refractivity contribution is 7.16. The Kier molecular flexibility index (Phi) is 6.73. The molecule has 3 N–H and O–H groups in total. The fourth-order valence-corrected chi connectivity index (χ4v) is 4.78. The summed E-state index contributed by atoms with van der Waals surface area (Å²) in [6, 6.07) is 13.9. The van der Waals surface area contributed by atoms with Crippen molar-refractivity contribution in [2.45, 2.75) is 25.5 Å². The average molecular weight is 485 g/mol. The first-order valence-corrected chi connectivity index (χ1v) is 11.3. The van der Waals surface area contributed by atoms with E-state index in [-0.39, 0.29) is 11.5 Å². The van der Waals surface area contributed by atoms with Crippen LogP contribution in [0.5, 0.6) is 5.75 Å². The molecule has 2 aromatic heterocycles. The van der Waals surface area contributed by atoms with Crippen LogP contribution in [0.1, 0.15) is 33.8 Å². The third-order valence-corrected chi connectivity index (χ3v) is 6.71. The summed E-state index contributed by atoms with van der Waals surface area (Å²) in [5.74, 6) is -0.237. The van der Waals surface area contributed by atoms with Crippen LogP contribution in [0, 0.1) is 4.91 Å². The Morgan fingerprint density at radius 3 is 2.79 bits per heavy atom. The summed E-state index contributed by atoms with van der Waals surface area (Å²) in [6.07, 6.45) is 1.55. The highest BCUT2D eigenvalue weighted by atomic mass is 35.5. The number of carbonyl (C=O) groups excluding carboxylic acids is 1. The van der Waals surface area contributed by atoms with Gasteiger partial charge in [0, 0.05) is 23.1 Å². The molecule has 0 radical (unpaired) electrons. The maximum atomic E-state index is 12.1. The molecule has 2 unspecified atom stereocenters. The number of hydrogen-bond donors (Lipinski definition) is 2. The van der Waals surface area contributed by atoms with Crippen molar-refractivity contribution >= 4 is 39.9 Å². The average Bonchev–Trinajstić information content (AvgIpc) is 3.41. The first-order valence-electron chi connectivity index (χ1n) is 10.2. The van der Waals surface area contributed by atoms with E-state index in [2.05, 4.69) is 10.2 Å². The molecule has 0 spiro atoms. The van der Waals surface area contributed by atoms with Gasteiger partial charge in [0.1, 0.15) is 34.1 Å². The normalized spacial score (nSPS) is 13.1. The molecule has 0 aliphatic rings. The van der Waals surface area contributed by atoms with Crippen molar-refractivity contribution in [2.75, 3.05) is 6.61 Å². The van der Waals surface area contributed by atoms with E-state index in [9.17, 15) is 14.8 Å². The molecule has 2 heterocycles. The molecule has 2 atom stereocenters. The Balaban J connectivity index is 1.70. The molecule has 0 bridgehead atoms. The zero-order valence-electron chi connectivity index (χ0n) is 17.6. The lowest BCUT2D eigenvalue weighted by Gasteiger charge is -2.16. The number of ether oxygens (including phenoxy) is 1. The molecule has 0 saturated heterocycles. The van der Waals surface area contributed by atoms with Gasteiger partial charge in [0.25, 0.3) is 5.91 Å². The number of aromatic nitrogens is 2. The summed E-state index contributed by atoms with van der Waals surface area (Å²) in [5.41, 5.74) is 8.76. The molecule has 4 rings (SSSR count). The van der Waals surface area contributed by atoms with Crippen LogP contribution < -0.4 is 10.5 Å². The third kappa shape index (κ3) is 4.75. The molecular weight excluding hydrogens is 464 g/mol. The van der Waals surface area contributed by atoms with Gasteiger partial charge in [0.05, 0.1) is 17.6 Å². The summed E-state index contributed by atoms with van der Waals surface area (Å²) in [4.78, 5) is 27.7. The minimum Gasteiger partial charge on any atom is -0.484 e. The van der Waals surface area contributed by atoms with Crippen LogP contribution in [0.25, 0.3) is 16.0 Å². The first kappa shape index (κ1) is 22.9. The van der Waals surface area contributed by atoms with Crippen LogP contribution in [-0.2, 0) is 6.42 Å². The van der Waals surface area contributed by atoms with Gasteiger partial charge in [-0.2, -0.15) is 4.91 Å². The Hall–Kier alpha value is -3.27. The van der Waals surface area contributed by atoms with Crippen LogP contribution >= 0.6 is 22.9 Å². The number of aliphatic hydroxyl groups excluding tert-OH is 1. The highest BCUT2D eigenvalue weighted by Gasteiger charge is 2.21. The third-order valence-electron chi connectivity index (χ3n) is 5.24. The van der Waals surface area contributed by atoms with Gasteiger partial charge < -0.3 is 15.6 Å². The fourth-order valence-electron chi connectivity index (χ4n) is 3.56. The second kappa shape index (κ2) is 9.70. The van der Waals surface area contributed by atoms with Gasteiger partial charge in [-0.3, -0.25) is 9.36 Å². The van der Waals surface area contributed by atoms with Gasteiger partial charge in [-0.05, 0) is 30.7 Å². The molecule has 0 saturated carbocycles. The Bertz CT molecular complexity index is 1320. The summed E-state index contributed by atoms with van der Waals surface area (Å²) >= 11 is 7.48. The number of nitrogens with two attached hydrogens (primary N) is 1. The summed E-state index contributed by atoms with van der Waals surface area (Å²) in [6.45, 7) is 1.53. The van der Waals surface area contributed by atoms with Gasteiger partial charge in [-0.15, -0.1) is 11.3 Å². The maximum Gasteiger partial charge on any atom is 0.262 e. The zero-order valence-corrected chi connectivity index (χ0v) is 19.2. The fraction of sp³-hybridized carbons (Fsp3) is 0.217. The van der Waals surface area contributed by atoms with Crippen molar-refractivity contribution in [3.63, 3.8) is 0 Å². The van der Waals surface area contributed by atoms with Crippen molar-refractivity contribution in [2.24, 2.45) is 10.9 Å². The van der Waals surface area contributed by atoms with Crippen molar-refractivity contribution in [1.29, 1.82) is 0 Å².